The van der Waals surface area contributed by atoms with Crippen LogP contribution in [0.4, 0.5) is 5.69 Å². The largest absolute Gasteiger partial charge is 0.453 e. The number of esters is 1. The fourth-order valence-electron chi connectivity index (χ4n) is 2.73. The molecule has 1 aromatic carbocycles. The molecular formula is C16H19NO4. The number of hydrogen-bond acceptors (Lipinski definition) is 4. The standard InChI is InChI=1S/C16H19NO4/c1-4-5-10-16(3)11(2)15(18)21-14(16)12-6-8-13(9-7-12)17(19)20/h6-9,14H,2,4-5,10H2,1,3H3/t14-,16+/m0/s1. The first-order chi connectivity index (χ1) is 9.90. The normalized spacial score (nSPS) is 25.0. The number of nitro groups is 1. The Kier molecular flexibility index (Phi) is 4.11. The number of non-ortho nitro benzene ring substituents is 1. The Hall–Kier alpha value is -2.17. The van der Waals surface area contributed by atoms with E-state index in [2.05, 4.69) is 13.5 Å². The van der Waals surface area contributed by atoms with Gasteiger partial charge in [-0.25, -0.2) is 4.79 Å². The van der Waals surface area contributed by atoms with Gasteiger partial charge in [-0.05, 0) is 24.1 Å². The van der Waals surface area contributed by atoms with Gasteiger partial charge in [0.15, 0.2) is 0 Å². The monoisotopic (exact) mass is 289 g/mol. The molecule has 2 atom stereocenters. The highest BCUT2D eigenvalue weighted by Gasteiger charge is 2.49. The maximum atomic E-state index is 11.9. The van der Waals surface area contributed by atoms with Gasteiger partial charge in [0.2, 0.25) is 0 Å². The van der Waals surface area contributed by atoms with Gasteiger partial charge >= 0.3 is 5.97 Å². The van der Waals surface area contributed by atoms with E-state index < -0.39 is 16.4 Å². The van der Waals surface area contributed by atoms with Crippen molar-refractivity contribution in [2.24, 2.45) is 5.41 Å². The van der Waals surface area contributed by atoms with Crippen LogP contribution in [0.3, 0.4) is 0 Å². The van der Waals surface area contributed by atoms with Crippen LogP contribution < -0.4 is 0 Å². The number of carbonyl (C=O) groups excluding carboxylic acids is 1. The third-order valence-electron chi connectivity index (χ3n) is 4.20. The van der Waals surface area contributed by atoms with Gasteiger partial charge in [-0.2, -0.15) is 0 Å². The third kappa shape index (κ3) is 2.68. The van der Waals surface area contributed by atoms with E-state index in [1.54, 1.807) is 12.1 Å². The van der Waals surface area contributed by atoms with E-state index in [1.807, 2.05) is 6.92 Å². The third-order valence-corrected chi connectivity index (χ3v) is 4.20. The van der Waals surface area contributed by atoms with Crippen molar-refractivity contribution in [1.29, 1.82) is 0 Å². The summed E-state index contributed by atoms with van der Waals surface area (Å²) in [5.74, 6) is -0.378. The summed E-state index contributed by atoms with van der Waals surface area (Å²) in [7, 11) is 0. The number of hydrogen-bond donors (Lipinski definition) is 0. The van der Waals surface area contributed by atoms with Crippen molar-refractivity contribution in [3.63, 3.8) is 0 Å². The van der Waals surface area contributed by atoms with Crippen LogP contribution >= 0.6 is 0 Å². The minimum atomic E-state index is -0.455. The van der Waals surface area contributed by atoms with Gasteiger partial charge in [-0.1, -0.05) is 33.3 Å². The lowest BCUT2D eigenvalue weighted by molar-refractivity contribution is -0.384. The molecule has 0 spiro atoms. The smallest absolute Gasteiger partial charge is 0.334 e. The first-order valence-electron chi connectivity index (χ1n) is 7.05. The highest BCUT2D eigenvalue weighted by molar-refractivity contribution is 5.92. The second kappa shape index (κ2) is 5.68. The topological polar surface area (TPSA) is 69.4 Å². The molecule has 0 radical (unpaired) electrons. The lowest BCUT2D eigenvalue weighted by atomic mass is 9.73. The number of rotatable bonds is 5. The molecule has 1 aromatic rings. The molecule has 0 aliphatic carbocycles. The number of nitrogens with zero attached hydrogens (tertiary/aromatic N) is 1. The van der Waals surface area contributed by atoms with Crippen molar-refractivity contribution < 1.29 is 14.5 Å². The number of benzene rings is 1. The van der Waals surface area contributed by atoms with Crippen LogP contribution in [-0.2, 0) is 9.53 Å². The molecule has 112 valence electrons. The lowest BCUT2D eigenvalue weighted by Gasteiger charge is -2.29. The van der Waals surface area contributed by atoms with Crippen LogP contribution in [-0.4, -0.2) is 10.9 Å². The van der Waals surface area contributed by atoms with Gasteiger partial charge in [0.1, 0.15) is 6.10 Å². The minimum absolute atomic E-state index is 0.0251. The Balaban J connectivity index is 2.33. The summed E-state index contributed by atoms with van der Waals surface area (Å²) in [5, 5.41) is 10.7. The predicted molar refractivity (Wildman–Crippen MR) is 78.7 cm³/mol. The van der Waals surface area contributed by atoms with Gasteiger partial charge in [0.05, 0.1) is 4.92 Å². The Labute approximate surface area is 123 Å². The zero-order valence-corrected chi connectivity index (χ0v) is 12.3. The number of carbonyl (C=O) groups is 1. The molecule has 0 saturated carbocycles. The van der Waals surface area contributed by atoms with Crippen molar-refractivity contribution in [1.82, 2.24) is 0 Å². The van der Waals surface area contributed by atoms with E-state index in [0.717, 1.165) is 24.8 Å². The quantitative estimate of drug-likeness (QED) is 0.356. The molecular weight excluding hydrogens is 270 g/mol. The second-order valence-electron chi connectivity index (χ2n) is 5.63. The van der Waals surface area contributed by atoms with Crippen molar-refractivity contribution in [2.75, 3.05) is 0 Å². The molecule has 21 heavy (non-hydrogen) atoms. The summed E-state index contributed by atoms with van der Waals surface area (Å²) in [6.45, 7) is 7.94. The minimum Gasteiger partial charge on any atom is -0.453 e. The molecule has 0 amide bonds. The van der Waals surface area contributed by atoms with Crippen molar-refractivity contribution in [3.8, 4) is 0 Å². The molecule has 5 heteroatoms. The average Bonchev–Trinajstić information content (AvgIpc) is 2.70. The van der Waals surface area contributed by atoms with Crippen LogP contribution in [0, 0.1) is 15.5 Å². The van der Waals surface area contributed by atoms with Crippen molar-refractivity contribution in [3.05, 3.63) is 52.1 Å². The Bertz CT molecular complexity index is 578. The molecule has 1 saturated heterocycles. The maximum Gasteiger partial charge on any atom is 0.334 e. The molecule has 1 aliphatic rings. The van der Waals surface area contributed by atoms with E-state index in [4.69, 9.17) is 4.74 Å². The molecule has 1 heterocycles. The van der Waals surface area contributed by atoms with E-state index in [0.29, 0.717) is 5.57 Å². The van der Waals surface area contributed by atoms with E-state index in [-0.39, 0.29) is 11.7 Å². The zero-order valence-electron chi connectivity index (χ0n) is 12.3. The number of cyclic esters (lactones) is 1. The van der Waals surface area contributed by atoms with E-state index >= 15 is 0 Å². The van der Waals surface area contributed by atoms with Gasteiger partial charge in [0.25, 0.3) is 5.69 Å². The van der Waals surface area contributed by atoms with Crippen molar-refractivity contribution >= 4 is 11.7 Å². The first-order valence-corrected chi connectivity index (χ1v) is 7.05. The summed E-state index contributed by atoms with van der Waals surface area (Å²) < 4.78 is 5.46. The van der Waals surface area contributed by atoms with Crippen molar-refractivity contribution in [2.45, 2.75) is 39.2 Å². The molecule has 2 rings (SSSR count). The zero-order chi connectivity index (χ0) is 15.6. The Morgan fingerprint density at radius 3 is 2.52 bits per heavy atom. The van der Waals surface area contributed by atoms with Crippen LogP contribution in [0.25, 0.3) is 0 Å². The average molecular weight is 289 g/mol. The summed E-state index contributed by atoms with van der Waals surface area (Å²) in [4.78, 5) is 22.1. The predicted octanol–water partition coefficient (Wildman–Crippen LogP) is 3.95. The van der Waals surface area contributed by atoms with Gasteiger partial charge in [-0.3, -0.25) is 10.1 Å². The number of ether oxygens (including phenoxy) is 1. The summed E-state index contributed by atoms with van der Waals surface area (Å²) in [5.41, 5.74) is 0.825. The maximum absolute atomic E-state index is 11.9. The highest BCUT2D eigenvalue weighted by atomic mass is 16.6. The fraction of sp³-hybridized carbons (Fsp3) is 0.438. The van der Waals surface area contributed by atoms with Gasteiger partial charge in [0, 0.05) is 23.1 Å². The Morgan fingerprint density at radius 1 is 1.38 bits per heavy atom. The summed E-state index contributed by atoms with van der Waals surface area (Å²) in [6.07, 6.45) is 2.36. The molecule has 5 nitrogen and oxygen atoms in total. The van der Waals surface area contributed by atoms with Crippen LogP contribution in [0.5, 0.6) is 0 Å². The van der Waals surface area contributed by atoms with Crippen LogP contribution in [0.1, 0.15) is 44.8 Å². The molecule has 0 unspecified atom stereocenters. The van der Waals surface area contributed by atoms with Crippen LogP contribution in [0.2, 0.25) is 0 Å². The fourth-order valence-corrected chi connectivity index (χ4v) is 2.73. The SMILES string of the molecule is C=C1C(=O)O[C@@H](c2ccc([N+](=O)[O-])cc2)[C@]1(C)CCCC. The molecule has 0 aromatic heterocycles. The van der Waals surface area contributed by atoms with Gasteiger partial charge in [-0.15, -0.1) is 0 Å². The van der Waals surface area contributed by atoms with E-state index in [1.165, 1.54) is 12.1 Å². The van der Waals surface area contributed by atoms with Gasteiger partial charge < -0.3 is 4.74 Å². The Morgan fingerprint density at radius 2 is 2.00 bits per heavy atom. The number of unbranched alkanes of at least 4 members (excludes halogenated alkanes) is 1. The van der Waals surface area contributed by atoms with E-state index in [9.17, 15) is 14.9 Å². The summed E-state index contributed by atoms with van der Waals surface area (Å²) >= 11 is 0. The molecule has 1 aliphatic heterocycles. The second-order valence-corrected chi connectivity index (χ2v) is 5.63. The number of nitro benzene ring substituents is 1. The molecule has 0 bridgehead atoms. The van der Waals surface area contributed by atoms with Crippen LogP contribution in [0.15, 0.2) is 36.4 Å². The summed E-state index contributed by atoms with van der Waals surface area (Å²) in [6, 6.07) is 6.17. The molecule has 1 fully saturated rings. The molecule has 0 N–H and O–H groups in total. The highest BCUT2D eigenvalue weighted by Crippen LogP contribution is 2.51. The first kappa shape index (κ1) is 15.2. The lowest BCUT2D eigenvalue weighted by Crippen LogP contribution is -2.22.